The summed E-state index contributed by atoms with van der Waals surface area (Å²) >= 11 is 0. The number of carboxylic acid groups (broad SMARTS) is 1. The molecule has 1 heterocycles. The van der Waals surface area contributed by atoms with Crippen molar-refractivity contribution in [2.24, 2.45) is 7.05 Å². The molecule has 0 aliphatic heterocycles. The standard InChI is InChI=1S/C17H28N4O5S2/c1-17(2,3)26-16(25)20-13(9-12-10-19-21(4)11-12)15(24)18-6-8-28-27-7-5-14(22)23/h10-11,13H,5-9H2,1-4H3,(H,18,24)(H,20,25)(H,22,23). The number of aromatic nitrogens is 2. The van der Waals surface area contributed by atoms with Crippen LogP contribution in [-0.4, -0.2) is 62.6 Å². The van der Waals surface area contributed by atoms with Gasteiger partial charge in [0.15, 0.2) is 0 Å². The van der Waals surface area contributed by atoms with Crippen LogP contribution in [0.4, 0.5) is 4.79 Å². The maximum Gasteiger partial charge on any atom is 0.408 e. The van der Waals surface area contributed by atoms with Crippen LogP contribution in [0.2, 0.25) is 0 Å². The number of carbonyl (C=O) groups excluding carboxylic acids is 2. The van der Waals surface area contributed by atoms with Gasteiger partial charge >= 0.3 is 12.1 Å². The number of carboxylic acids is 1. The minimum Gasteiger partial charge on any atom is -0.481 e. The number of hydrogen-bond acceptors (Lipinski definition) is 7. The summed E-state index contributed by atoms with van der Waals surface area (Å²) in [4.78, 5) is 35.1. The average Bonchev–Trinajstić information content (AvgIpc) is 2.96. The van der Waals surface area contributed by atoms with Crippen molar-refractivity contribution < 1.29 is 24.2 Å². The number of carbonyl (C=O) groups is 3. The van der Waals surface area contributed by atoms with Crippen LogP contribution in [0.25, 0.3) is 0 Å². The van der Waals surface area contributed by atoms with E-state index >= 15 is 0 Å². The van der Waals surface area contributed by atoms with Gasteiger partial charge in [-0.05, 0) is 26.3 Å². The fourth-order valence-corrected chi connectivity index (χ4v) is 3.94. The smallest absolute Gasteiger partial charge is 0.408 e. The van der Waals surface area contributed by atoms with E-state index in [1.165, 1.54) is 21.6 Å². The monoisotopic (exact) mass is 432 g/mol. The van der Waals surface area contributed by atoms with Crippen molar-refractivity contribution in [3.05, 3.63) is 18.0 Å². The van der Waals surface area contributed by atoms with Crippen LogP contribution in [0.1, 0.15) is 32.8 Å². The number of nitrogens with one attached hydrogen (secondary N) is 2. The summed E-state index contributed by atoms with van der Waals surface area (Å²) in [6.07, 6.45) is 3.17. The highest BCUT2D eigenvalue weighted by molar-refractivity contribution is 8.76. The number of nitrogens with zero attached hydrogens (tertiary/aromatic N) is 2. The van der Waals surface area contributed by atoms with Crippen LogP contribution in [0.15, 0.2) is 12.4 Å². The number of hydrogen-bond donors (Lipinski definition) is 3. The van der Waals surface area contributed by atoms with Gasteiger partial charge in [0, 0.05) is 37.7 Å². The van der Waals surface area contributed by atoms with Gasteiger partial charge in [-0.15, -0.1) is 0 Å². The molecule has 0 saturated carbocycles. The first-order chi connectivity index (χ1) is 13.1. The summed E-state index contributed by atoms with van der Waals surface area (Å²) < 4.78 is 6.87. The van der Waals surface area contributed by atoms with Gasteiger partial charge in [-0.25, -0.2) is 4.79 Å². The van der Waals surface area contributed by atoms with Gasteiger partial charge in [-0.2, -0.15) is 5.10 Å². The van der Waals surface area contributed by atoms with Crippen molar-refractivity contribution in [2.45, 2.75) is 45.3 Å². The first-order valence-electron chi connectivity index (χ1n) is 8.78. The zero-order valence-electron chi connectivity index (χ0n) is 16.6. The molecule has 3 N–H and O–H groups in total. The Labute approximate surface area is 172 Å². The van der Waals surface area contributed by atoms with Gasteiger partial charge in [-0.3, -0.25) is 14.3 Å². The summed E-state index contributed by atoms with van der Waals surface area (Å²) in [5.74, 6) is -0.00134. The number of aliphatic carboxylic acids is 1. The zero-order chi connectivity index (χ0) is 21.2. The van der Waals surface area contributed by atoms with Crippen molar-refractivity contribution in [1.29, 1.82) is 0 Å². The van der Waals surface area contributed by atoms with Gasteiger partial charge in [-0.1, -0.05) is 21.6 Å². The molecule has 1 rings (SSSR count). The van der Waals surface area contributed by atoms with E-state index in [-0.39, 0.29) is 12.3 Å². The maximum atomic E-state index is 12.5. The highest BCUT2D eigenvalue weighted by atomic mass is 33.1. The first kappa shape index (κ1) is 24.2. The average molecular weight is 433 g/mol. The lowest BCUT2D eigenvalue weighted by Gasteiger charge is -2.23. The van der Waals surface area contributed by atoms with E-state index in [0.717, 1.165) is 5.56 Å². The first-order valence-corrected chi connectivity index (χ1v) is 11.3. The molecule has 0 radical (unpaired) electrons. The summed E-state index contributed by atoms with van der Waals surface area (Å²) in [6, 6.07) is -0.788. The second kappa shape index (κ2) is 11.8. The maximum absolute atomic E-state index is 12.5. The number of aryl methyl sites for hydroxylation is 1. The molecule has 9 nitrogen and oxygen atoms in total. The molecular weight excluding hydrogens is 404 g/mol. The predicted molar refractivity (Wildman–Crippen MR) is 110 cm³/mol. The van der Waals surface area contributed by atoms with Crippen molar-refractivity contribution in [3.8, 4) is 0 Å². The molecule has 28 heavy (non-hydrogen) atoms. The summed E-state index contributed by atoms with van der Waals surface area (Å²) in [5.41, 5.74) is 0.153. The van der Waals surface area contributed by atoms with E-state index in [9.17, 15) is 14.4 Å². The lowest BCUT2D eigenvalue weighted by molar-refractivity contribution is -0.136. The molecule has 2 amide bonds. The highest BCUT2D eigenvalue weighted by Crippen LogP contribution is 2.20. The largest absolute Gasteiger partial charge is 0.481 e. The molecule has 0 bridgehead atoms. The molecule has 1 aromatic rings. The van der Waals surface area contributed by atoms with Crippen LogP contribution in [0.5, 0.6) is 0 Å². The van der Waals surface area contributed by atoms with E-state index in [1.807, 2.05) is 0 Å². The summed E-state index contributed by atoms with van der Waals surface area (Å²) in [5, 5.41) is 18.1. The SMILES string of the molecule is Cn1cc(CC(NC(=O)OC(C)(C)C)C(=O)NCCSSCCC(=O)O)cn1. The van der Waals surface area contributed by atoms with Gasteiger partial charge in [0.2, 0.25) is 5.91 Å². The summed E-state index contributed by atoms with van der Waals surface area (Å²) in [7, 11) is 4.72. The van der Waals surface area contributed by atoms with Crippen LogP contribution in [-0.2, 0) is 27.8 Å². The quantitative estimate of drug-likeness (QED) is 0.357. The molecule has 0 aliphatic carbocycles. The third kappa shape index (κ3) is 11.1. The Hall–Kier alpha value is -1.88. The van der Waals surface area contributed by atoms with Crippen LogP contribution >= 0.6 is 21.6 Å². The Morgan fingerprint density at radius 2 is 1.96 bits per heavy atom. The minimum absolute atomic E-state index is 0.108. The molecule has 11 heteroatoms. The van der Waals surface area contributed by atoms with E-state index in [1.54, 1.807) is 44.9 Å². The van der Waals surface area contributed by atoms with Gasteiger partial charge < -0.3 is 20.5 Å². The Balaban J connectivity index is 2.51. The third-order valence-corrected chi connectivity index (χ3v) is 5.58. The Morgan fingerprint density at radius 3 is 2.54 bits per heavy atom. The minimum atomic E-state index is -0.826. The molecule has 1 aromatic heterocycles. The van der Waals surface area contributed by atoms with E-state index in [4.69, 9.17) is 9.84 Å². The molecule has 0 saturated heterocycles. The van der Waals surface area contributed by atoms with Crippen LogP contribution in [0.3, 0.4) is 0 Å². The van der Waals surface area contributed by atoms with Crippen molar-refractivity contribution in [2.75, 3.05) is 18.1 Å². The molecular formula is C17H28N4O5S2. The Kier molecular flexibility index (Phi) is 10.2. The van der Waals surface area contributed by atoms with Gasteiger partial charge in [0.05, 0.1) is 12.6 Å². The van der Waals surface area contributed by atoms with Crippen molar-refractivity contribution >= 4 is 39.6 Å². The molecule has 158 valence electrons. The molecule has 1 unspecified atom stereocenters. The van der Waals surface area contributed by atoms with Gasteiger partial charge in [0.25, 0.3) is 0 Å². The lowest BCUT2D eigenvalue weighted by Crippen LogP contribution is -2.49. The molecule has 0 aromatic carbocycles. The Morgan fingerprint density at radius 1 is 1.29 bits per heavy atom. The van der Waals surface area contributed by atoms with Crippen molar-refractivity contribution in [3.63, 3.8) is 0 Å². The highest BCUT2D eigenvalue weighted by Gasteiger charge is 2.25. The number of ether oxygens (including phenoxy) is 1. The van der Waals surface area contributed by atoms with Crippen LogP contribution < -0.4 is 10.6 Å². The predicted octanol–water partition coefficient (Wildman–Crippen LogP) is 1.83. The third-order valence-electron chi connectivity index (χ3n) is 3.17. The van der Waals surface area contributed by atoms with Crippen LogP contribution in [0, 0.1) is 0 Å². The van der Waals surface area contributed by atoms with E-state index in [2.05, 4.69) is 15.7 Å². The lowest BCUT2D eigenvalue weighted by atomic mass is 10.1. The number of alkyl carbamates (subject to hydrolysis) is 1. The second-order valence-corrected chi connectivity index (χ2v) is 9.71. The number of amides is 2. The van der Waals surface area contributed by atoms with E-state index in [0.29, 0.717) is 24.5 Å². The normalized spacial score (nSPS) is 12.3. The van der Waals surface area contributed by atoms with Gasteiger partial charge in [0.1, 0.15) is 11.6 Å². The Bertz CT molecular complexity index is 660. The molecule has 0 spiro atoms. The fraction of sp³-hybridized carbons (Fsp3) is 0.647. The second-order valence-electron chi connectivity index (χ2n) is 7.00. The zero-order valence-corrected chi connectivity index (χ0v) is 18.2. The van der Waals surface area contributed by atoms with Crippen molar-refractivity contribution in [1.82, 2.24) is 20.4 Å². The topological polar surface area (TPSA) is 123 Å². The number of rotatable bonds is 11. The molecule has 1 atom stereocenters. The fourth-order valence-electron chi connectivity index (χ4n) is 2.06. The van der Waals surface area contributed by atoms with E-state index < -0.39 is 23.7 Å². The molecule has 0 fully saturated rings. The molecule has 0 aliphatic rings. The summed E-state index contributed by atoms with van der Waals surface area (Å²) in [6.45, 7) is 5.66.